The van der Waals surface area contributed by atoms with E-state index in [2.05, 4.69) is 27.3 Å². The maximum atomic E-state index is 12.3. The first-order valence-corrected chi connectivity index (χ1v) is 8.21. The molecule has 2 rings (SSSR count). The van der Waals surface area contributed by atoms with Crippen molar-refractivity contribution < 1.29 is 4.79 Å². The van der Waals surface area contributed by atoms with E-state index in [9.17, 15) is 10.1 Å². The molecular formula is C14H17BrN2OS. The van der Waals surface area contributed by atoms with Gasteiger partial charge in [0.05, 0.1) is 16.4 Å². The zero-order valence-electron chi connectivity index (χ0n) is 10.7. The topological polar surface area (TPSA) is 52.9 Å². The molecule has 0 unspecified atom stereocenters. The lowest BCUT2D eigenvalue weighted by Crippen LogP contribution is -2.39. The van der Waals surface area contributed by atoms with E-state index in [1.54, 1.807) is 11.3 Å². The molecule has 0 aliphatic heterocycles. The summed E-state index contributed by atoms with van der Waals surface area (Å²) < 4.78 is 1.06. The minimum Gasteiger partial charge on any atom is -0.350 e. The van der Waals surface area contributed by atoms with E-state index in [1.165, 1.54) is 0 Å². The SMILES string of the molecule is N#CC1(C(=O)NCc2ccc(Br)s2)CCCCCC1. The lowest BCUT2D eigenvalue weighted by molar-refractivity contribution is -0.128. The van der Waals surface area contributed by atoms with E-state index >= 15 is 0 Å². The van der Waals surface area contributed by atoms with Gasteiger partial charge in [0.2, 0.25) is 5.91 Å². The zero-order valence-corrected chi connectivity index (χ0v) is 13.1. The van der Waals surface area contributed by atoms with Crippen molar-refractivity contribution in [2.45, 2.75) is 45.1 Å². The molecule has 19 heavy (non-hydrogen) atoms. The van der Waals surface area contributed by atoms with Crippen molar-refractivity contribution in [3.8, 4) is 6.07 Å². The van der Waals surface area contributed by atoms with Gasteiger partial charge in [-0.15, -0.1) is 11.3 Å². The smallest absolute Gasteiger partial charge is 0.240 e. The summed E-state index contributed by atoms with van der Waals surface area (Å²) in [6.07, 6.45) is 5.62. The fraction of sp³-hybridized carbons (Fsp3) is 0.571. The number of carbonyl (C=O) groups excluding carboxylic acids is 1. The van der Waals surface area contributed by atoms with E-state index < -0.39 is 5.41 Å². The number of hydrogen-bond donors (Lipinski definition) is 1. The highest BCUT2D eigenvalue weighted by molar-refractivity contribution is 9.11. The van der Waals surface area contributed by atoms with Crippen molar-refractivity contribution in [3.05, 3.63) is 20.8 Å². The molecule has 0 aromatic carbocycles. The van der Waals surface area contributed by atoms with E-state index in [1.807, 2.05) is 12.1 Å². The highest BCUT2D eigenvalue weighted by atomic mass is 79.9. The third-order valence-corrected chi connectivity index (χ3v) is 5.28. The van der Waals surface area contributed by atoms with Crippen LogP contribution >= 0.6 is 27.3 Å². The molecule has 1 amide bonds. The predicted octanol–water partition coefficient (Wildman–Crippen LogP) is 3.99. The Bertz CT molecular complexity index is 484. The fourth-order valence-corrected chi connectivity index (χ4v) is 3.93. The van der Waals surface area contributed by atoms with Crippen molar-refractivity contribution in [1.29, 1.82) is 5.26 Å². The van der Waals surface area contributed by atoms with Crippen LogP contribution in [0.25, 0.3) is 0 Å². The predicted molar refractivity (Wildman–Crippen MR) is 79.6 cm³/mol. The van der Waals surface area contributed by atoms with Gasteiger partial charge in [0.25, 0.3) is 0 Å². The van der Waals surface area contributed by atoms with E-state index in [0.717, 1.165) is 34.3 Å². The number of nitriles is 1. The van der Waals surface area contributed by atoms with Gasteiger partial charge in [-0.25, -0.2) is 0 Å². The second kappa shape index (κ2) is 6.53. The van der Waals surface area contributed by atoms with Crippen LogP contribution in [0.1, 0.15) is 43.4 Å². The average Bonchev–Trinajstić information content (AvgIpc) is 2.69. The lowest BCUT2D eigenvalue weighted by atomic mass is 9.81. The highest BCUT2D eigenvalue weighted by Gasteiger charge is 2.38. The Morgan fingerprint density at radius 3 is 2.58 bits per heavy atom. The maximum absolute atomic E-state index is 12.3. The first-order chi connectivity index (χ1) is 9.16. The van der Waals surface area contributed by atoms with Crippen LogP contribution in [0, 0.1) is 16.7 Å². The average molecular weight is 341 g/mol. The van der Waals surface area contributed by atoms with Crippen molar-refractivity contribution in [2.75, 3.05) is 0 Å². The van der Waals surface area contributed by atoms with Crippen LogP contribution in [0.2, 0.25) is 0 Å². The standard InChI is InChI=1S/C14H17BrN2OS/c15-12-6-5-11(19-12)9-17-13(18)14(10-16)7-3-1-2-4-8-14/h5-6H,1-4,7-9H2,(H,17,18). The van der Waals surface area contributed by atoms with Crippen molar-refractivity contribution >= 4 is 33.2 Å². The molecule has 0 spiro atoms. The van der Waals surface area contributed by atoms with Gasteiger partial charge in [0.1, 0.15) is 5.41 Å². The number of amides is 1. The van der Waals surface area contributed by atoms with Crippen LogP contribution in [-0.2, 0) is 11.3 Å². The van der Waals surface area contributed by atoms with Gasteiger partial charge in [0, 0.05) is 4.88 Å². The van der Waals surface area contributed by atoms with Crippen LogP contribution < -0.4 is 5.32 Å². The summed E-state index contributed by atoms with van der Waals surface area (Å²) in [5.41, 5.74) is -0.801. The van der Waals surface area contributed by atoms with Crippen LogP contribution in [0.4, 0.5) is 0 Å². The Morgan fingerprint density at radius 1 is 1.37 bits per heavy atom. The molecule has 0 bridgehead atoms. The molecule has 1 fully saturated rings. The van der Waals surface area contributed by atoms with Gasteiger partial charge in [-0.1, -0.05) is 25.7 Å². The molecule has 3 nitrogen and oxygen atoms in total. The van der Waals surface area contributed by atoms with Gasteiger partial charge in [-0.05, 0) is 40.9 Å². The molecule has 0 radical (unpaired) electrons. The summed E-state index contributed by atoms with van der Waals surface area (Å²) in [5.74, 6) is -0.0959. The Morgan fingerprint density at radius 2 is 2.05 bits per heavy atom. The second-order valence-electron chi connectivity index (χ2n) is 5.00. The Hall–Kier alpha value is -0.860. The largest absolute Gasteiger partial charge is 0.350 e. The molecule has 0 atom stereocenters. The Labute approximate surface area is 126 Å². The summed E-state index contributed by atoms with van der Waals surface area (Å²) in [6.45, 7) is 0.512. The third-order valence-electron chi connectivity index (χ3n) is 3.66. The van der Waals surface area contributed by atoms with Gasteiger partial charge in [-0.2, -0.15) is 5.26 Å². The molecule has 1 aromatic rings. The van der Waals surface area contributed by atoms with Gasteiger partial charge < -0.3 is 5.32 Å². The maximum Gasteiger partial charge on any atom is 0.240 e. The van der Waals surface area contributed by atoms with Crippen LogP contribution in [0.5, 0.6) is 0 Å². The molecule has 102 valence electrons. The second-order valence-corrected chi connectivity index (χ2v) is 7.54. The quantitative estimate of drug-likeness (QED) is 0.845. The molecule has 0 saturated heterocycles. The van der Waals surface area contributed by atoms with Crippen molar-refractivity contribution in [3.63, 3.8) is 0 Å². The molecule has 5 heteroatoms. The first-order valence-electron chi connectivity index (χ1n) is 6.60. The fourth-order valence-electron chi connectivity index (χ4n) is 2.51. The Kier molecular flexibility index (Phi) is 5.00. The van der Waals surface area contributed by atoms with E-state index in [-0.39, 0.29) is 5.91 Å². The van der Waals surface area contributed by atoms with Gasteiger partial charge in [-0.3, -0.25) is 4.79 Å². The van der Waals surface area contributed by atoms with Crippen LogP contribution in [0.3, 0.4) is 0 Å². The van der Waals surface area contributed by atoms with Gasteiger partial charge in [0.15, 0.2) is 0 Å². The molecule has 1 N–H and O–H groups in total. The summed E-state index contributed by atoms with van der Waals surface area (Å²) in [7, 11) is 0. The van der Waals surface area contributed by atoms with Crippen molar-refractivity contribution in [2.24, 2.45) is 5.41 Å². The normalized spacial score (nSPS) is 18.3. The molecular weight excluding hydrogens is 324 g/mol. The van der Waals surface area contributed by atoms with E-state index in [0.29, 0.717) is 19.4 Å². The van der Waals surface area contributed by atoms with Crippen LogP contribution in [0.15, 0.2) is 15.9 Å². The summed E-state index contributed by atoms with van der Waals surface area (Å²) in [4.78, 5) is 13.4. The van der Waals surface area contributed by atoms with Crippen LogP contribution in [-0.4, -0.2) is 5.91 Å². The molecule has 1 aliphatic rings. The molecule has 1 aliphatic carbocycles. The van der Waals surface area contributed by atoms with Crippen molar-refractivity contribution in [1.82, 2.24) is 5.32 Å². The minimum atomic E-state index is -0.801. The number of carbonyl (C=O) groups is 1. The van der Waals surface area contributed by atoms with E-state index in [4.69, 9.17) is 0 Å². The number of rotatable bonds is 3. The number of thiophene rings is 1. The number of hydrogen-bond acceptors (Lipinski definition) is 3. The van der Waals surface area contributed by atoms with Gasteiger partial charge >= 0.3 is 0 Å². The number of halogens is 1. The highest BCUT2D eigenvalue weighted by Crippen LogP contribution is 2.34. The molecule has 1 saturated carbocycles. The number of nitrogens with one attached hydrogen (secondary N) is 1. The Balaban J connectivity index is 1.98. The number of nitrogens with zero attached hydrogens (tertiary/aromatic N) is 1. The summed E-state index contributed by atoms with van der Waals surface area (Å²) >= 11 is 5.01. The zero-order chi connectivity index (χ0) is 13.7. The molecule has 1 heterocycles. The monoisotopic (exact) mass is 340 g/mol. The minimum absolute atomic E-state index is 0.0959. The summed E-state index contributed by atoms with van der Waals surface area (Å²) in [5, 5.41) is 12.4. The first kappa shape index (κ1) is 14.5. The lowest BCUT2D eigenvalue weighted by Gasteiger charge is -2.23. The third kappa shape index (κ3) is 3.58. The molecule has 1 aromatic heterocycles. The summed E-state index contributed by atoms with van der Waals surface area (Å²) in [6, 6.07) is 6.24.